The number of halogens is 1. The van der Waals surface area contributed by atoms with E-state index in [0.29, 0.717) is 6.42 Å². The summed E-state index contributed by atoms with van der Waals surface area (Å²) in [4.78, 5) is 10.3. The maximum Gasteiger partial charge on any atom is 0.303 e. The van der Waals surface area contributed by atoms with Gasteiger partial charge in [0, 0.05) is 35.8 Å². The van der Waals surface area contributed by atoms with Gasteiger partial charge in [-0.2, -0.15) is 0 Å². The van der Waals surface area contributed by atoms with Gasteiger partial charge >= 0.3 is 5.97 Å². The Bertz CT molecular complexity index is 325. The van der Waals surface area contributed by atoms with Crippen LogP contribution < -0.4 is 3.53 Å². The monoisotopic (exact) mass is 405 g/mol. The van der Waals surface area contributed by atoms with Crippen molar-refractivity contribution in [3.8, 4) is 0 Å². The smallest absolute Gasteiger partial charge is 0.303 e. The normalized spacial score (nSPS) is 12.0. The molecule has 0 aromatic heterocycles. The van der Waals surface area contributed by atoms with Crippen molar-refractivity contribution in [3.05, 3.63) is 36.5 Å². The van der Waals surface area contributed by atoms with Crippen molar-refractivity contribution in [2.24, 2.45) is 0 Å². The molecule has 0 rings (SSSR count). The number of nitrogens with one attached hydrogen (secondary N) is 1. The predicted molar refractivity (Wildman–Crippen MR) is 98.6 cm³/mol. The van der Waals surface area contributed by atoms with Crippen LogP contribution in [0.25, 0.3) is 0 Å². The van der Waals surface area contributed by atoms with Crippen LogP contribution in [0.5, 0.6) is 0 Å². The summed E-state index contributed by atoms with van der Waals surface area (Å²) in [6, 6.07) is 0. The maximum atomic E-state index is 10.3. The largest absolute Gasteiger partial charge is 0.481 e. The van der Waals surface area contributed by atoms with Crippen LogP contribution in [-0.4, -0.2) is 17.6 Å². The van der Waals surface area contributed by atoms with Crippen molar-refractivity contribution in [2.75, 3.05) is 6.54 Å². The average Bonchev–Trinajstić information content (AvgIpc) is 2.46. The lowest BCUT2D eigenvalue weighted by atomic mass is 10.1. The number of hydrogen-bond acceptors (Lipinski definition) is 2. The first kappa shape index (κ1) is 20.4. The molecule has 0 bridgehead atoms. The molecule has 21 heavy (non-hydrogen) atoms. The second-order valence-corrected chi connectivity index (χ2v) is 5.69. The Labute approximate surface area is 143 Å². The highest BCUT2D eigenvalue weighted by Gasteiger charge is 1.95. The van der Waals surface area contributed by atoms with Crippen molar-refractivity contribution in [1.29, 1.82) is 0 Å². The van der Waals surface area contributed by atoms with E-state index >= 15 is 0 Å². The summed E-state index contributed by atoms with van der Waals surface area (Å²) < 4.78 is 3.04. The molecule has 0 aromatic rings. The molecule has 2 N–H and O–H groups in total. The minimum Gasteiger partial charge on any atom is -0.481 e. The predicted octanol–water partition coefficient (Wildman–Crippen LogP) is 5.19. The molecule has 0 saturated heterocycles. The van der Waals surface area contributed by atoms with Crippen LogP contribution in [0.2, 0.25) is 0 Å². The molecule has 0 atom stereocenters. The lowest BCUT2D eigenvalue weighted by Gasteiger charge is -1.98. The highest BCUT2D eigenvalue weighted by molar-refractivity contribution is 14.1. The Morgan fingerprint density at radius 2 is 1.43 bits per heavy atom. The molecular weight excluding hydrogens is 377 g/mol. The minimum atomic E-state index is -0.678. The molecular formula is C17H28INO2. The molecule has 0 aliphatic rings. The zero-order valence-electron chi connectivity index (χ0n) is 12.8. The summed E-state index contributed by atoms with van der Waals surface area (Å²) >= 11 is 2.14. The number of carboxylic acids is 1. The third-order valence-electron chi connectivity index (χ3n) is 3.00. The van der Waals surface area contributed by atoms with E-state index in [9.17, 15) is 4.79 Å². The number of unbranched alkanes of at least 4 members (excludes halogenated alkanes) is 5. The van der Waals surface area contributed by atoms with Gasteiger partial charge in [-0.3, -0.25) is 8.32 Å². The van der Waals surface area contributed by atoms with E-state index in [2.05, 4.69) is 62.9 Å². The van der Waals surface area contributed by atoms with E-state index in [1.54, 1.807) is 0 Å². The van der Waals surface area contributed by atoms with Gasteiger partial charge < -0.3 is 5.11 Å². The molecule has 0 heterocycles. The van der Waals surface area contributed by atoms with E-state index in [1.807, 2.05) is 0 Å². The summed E-state index contributed by atoms with van der Waals surface area (Å²) in [5.41, 5.74) is 0. The van der Waals surface area contributed by atoms with Crippen LogP contribution in [0.4, 0.5) is 0 Å². The van der Waals surface area contributed by atoms with Crippen molar-refractivity contribution in [2.45, 2.75) is 57.8 Å². The van der Waals surface area contributed by atoms with E-state index in [-0.39, 0.29) is 0 Å². The van der Waals surface area contributed by atoms with Gasteiger partial charge in [-0.1, -0.05) is 55.7 Å². The van der Waals surface area contributed by atoms with Crippen molar-refractivity contribution >= 4 is 28.8 Å². The lowest BCUT2D eigenvalue weighted by Crippen LogP contribution is -1.93. The van der Waals surface area contributed by atoms with Crippen molar-refractivity contribution < 1.29 is 9.90 Å². The Balaban J connectivity index is 3.25. The average molecular weight is 405 g/mol. The Hall–Kier alpha value is -0.620. The standard InChI is InChI=1S/C17H28INO2/c18-19-16-14-12-10-8-6-4-2-1-3-5-7-9-11-13-15-17(20)21/h1-2,6,8,12,14,19H,3-5,7,9-11,13,15-16H2,(H,20,21)/b2-1-,8-6-,14-12-. The molecule has 0 aliphatic heterocycles. The third-order valence-corrected chi connectivity index (χ3v) is 3.44. The van der Waals surface area contributed by atoms with Gasteiger partial charge in [0.1, 0.15) is 0 Å². The number of aliphatic carboxylic acids is 1. The highest BCUT2D eigenvalue weighted by Crippen LogP contribution is 2.07. The molecule has 0 saturated carbocycles. The molecule has 0 amide bonds. The van der Waals surface area contributed by atoms with Crippen LogP contribution in [0.3, 0.4) is 0 Å². The third kappa shape index (κ3) is 19.4. The summed E-state index contributed by atoms with van der Waals surface area (Å²) in [5, 5.41) is 8.51. The quantitative estimate of drug-likeness (QED) is 0.181. The molecule has 3 nitrogen and oxygen atoms in total. The van der Waals surface area contributed by atoms with Gasteiger partial charge in [-0.05, 0) is 32.1 Å². The van der Waals surface area contributed by atoms with E-state index in [0.717, 1.165) is 45.1 Å². The fraction of sp³-hybridized carbons (Fsp3) is 0.588. The molecule has 0 radical (unpaired) electrons. The summed E-state index contributed by atoms with van der Waals surface area (Å²) in [6.07, 6.45) is 22.0. The topological polar surface area (TPSA) is 49.3 Å². The van der Waals surface area contributed by atoms with Gasteiger partial charge in [-0.15, -0.1) is 0 Å². The first-order valence-electron chi connectivity index (χ1n) is 7.77. The molecule has 120 valence electrons. The number of carboxylic acid groups (broad SMARTS) is 1. The van der Waals surface area contributed by atoms with Crippen LogP contribution in [0, 0.1) is 0 Å². The van der Waals surface area contributed by atoms with Crippen LogP contribution in [0.1, 0.15) is 57.8 Å². The molecule has 0 spiro atoms. The Kier molecular flexibility index (Phi) is 16.9. The van der Waals surface area contributed by atoms with Gasteiger partial charge in [0.15, 0.2) is 0 Å². The van der Waals surface area contributed by atoms with Gasteiger partial charge in [0.05, 0.1) is 0 Å². The zero-order chi connectivity index (χ0) is 15.6. The van der Waals surface area contributed by atoms with Gasteiger partial charge in [0.2, 0.25) is 0 Å². The SMILES string of the molecule is O=C(O)CCCCCCC/C=C\C/C=C\C/C=C\CNI. The van der Waals surface area contributed by atoms with Gasteiger partial charge in [0.25, 0.3) is 0 Å². The minimum absolute atomic E-state index is 0.315. The number of allylic oxidation sites excluding steroid dienone is 5. The van der Waals surface area contributed by atoms with E-state index in [1.165, 1.54) is 12.8 Å². The van der Waals surface area contributed by atoms with E-state index < -0.39 is 5.97 Å². The first-order valence-corrected chi connectivity index (χ1v) is 8.85. The fourth-order valence-electron chi connectivity index (χ4n) is 1.86. The van der Waals surface area contributed by atoms with Crippen LogP contribution in [-0.2, 0) is 4.79 Å². The Morgan fingerprint density at radius 3 is 2.10 bits per heavy atom. The summed E-state index contributed by atoms with van der Waals surface area (Å²) in [7, 11) is 0. The van der Waals surface area contributed by atoms with E-state index in [4.69, 9.17) is 5.11 Å². The second-order valence-electron chi connectivity index (χ2n) is 4.92. The first-order chi connectivity index (χ1) is 10.3. The molecule has 0 unspecified atom stereocenters. The molecule has 0 aliphatic carbocycles. The van der Waals surface area contributed by atoms with Crippen molar-refractivity contribution in [3.63, 3.8) is 0 Å². The Morgan fingerprint density at radius 1 is 0.857 bits per heavy atom. The fourth-order valence-corrected chi connectivity index (χ4v) is 2.11. The van der Waals surface area contributed by atoms with Gasteiger partial charge in [-0.25, -0.2) is 0 Å². The molecule has 0 fully saturated rings. The zero-order valence-corrected chi connectivity index (χ0v) is 14.9. The molecule has 4 heteroatoms. The van der Waals surface area contributed by atoms with Crippen LogP contribution in [0.15, 0.2) is 36.5 Å². The highest BCUT2D eigenvalue weighted by atomic mass is 127. The summed E-state index contributed by atoms with van der Waals surface area (Å²) in [5.74, 6) is -0.678. The van der Waals surface area contributed by atoms with Crippen molar-refractivity contribution in [1.82, 2.24) is 3.53 Å². The maximum absolute atomic E-state index is 10.3. The molecule has 0 aromatic carbocycles. The number of hydrogen-bond donors (Lipinski definition) is 2. The second kappa shape index (κ2) is 17.4. The number of carbonyl (C=O) groups is 1. The number of rotatable bonds is 14. The summed E-state index contributed by atoms with van der Waals surface area (Å²) in [6.45, 7) is 0.921. The van der Waals surface area contributed by atoms with Crippen LogP contribution >= 0.6 is 22.9 Å². The lowest BCUT2D eigenvalue weighted by molar-refractivity contribution is -0.137.